The van der Waals surface area contributed by atoms with Crippen molar-refractivity contribution in [3.8, 4) is 11.5 Å². The first-order valence-corrected chi connectivity index (χ1v) is 6.24. The lowest BCUT2D eigenvalue weighted by molar-refractivity contribution is 0.355. The van der Waals surface area contributed by atoms with E-state index in [1.165, 1.54) is 12.3 Å². The van der Waals surface area contributed by atoms with Crippen LogP contribution in [0.4, 0.5) is 10.1 Å². The molecule has 0 aliphatic carbocycles. The number of anilines is 1. The van der Waals surface area contributed by atoms with Crippen molar-refractivity contribution in [2.45, 2.75) is 13.0 Å². The second-order valence-electron chi connectivity index (χ2n) is 4.34. The van der Waals surface area contributed by atoms with Gasteiger partial charge < -0.3 is 14.8 Å². The van der Waals surface area contributed by atoms with Crippen LogP contribution < -0.4 is 14.8 Å². The van der Waals surface area contributed by atoms with Gasteiger partial charge in [-0.2, -0.15) is 0 Å². The molecule has 1 unspecified atom stereocenters. The third-order valence-corrected chi connectivity index (χ3v) is 2.96. The van der Waals surface area contributed by atoms with Crippen LogP contribution in [0.25, 0.3) is 0 Å². The molecule has 1 atom stereocenters. The molecule has 1 aromatic carbocycles. The number of ether oxygens (including phenoxy) is 2. The fourth-order valence-electron chi connectivity index (χ4n) is 1.89. The van der Waals surface area contributed by atoms with E-state index in [9.17, 15) is 4.39 Å². The zero-order valence-electron chi connectivity index (χ0n) is 11.7. The smallest absolute Gasteiger partial charge is 0.162 e. The Labute approximate surface area is 117 Å². The van der Waals surface area contributed by atoms with Crippen molar-refractivity contribution in [2.24, 2.45) is 0 Å². The first-order valence-electron chi connectivity index (χ1n) is 6.24. The number of rotatable bonds is 5. The van der Waals surface area contributed by atoms with E-state index in [0.29, 0.717) is 11.5 Å². The summed E-state index contributed by atoms with van der Waals surface area (Å²) in [5, 5.41) is 3.28. The Bertz CT molecular complexity index is 573. The molecule has 0 spiro atoms. The number of halogens is 1. The topological polar surface area (TPSA) is 43.4 Å². The maximum atomic E-state index is 12.8. The number of aromatic nitrogens is 1. The first kappa shape index (κ1) is 14.1. The Kier molecular flexibility index (Phi) is 4.40. The quantitative estimate of drug-likeness (QED) is 0.908. The molecule has 0 saturated heterocycles. The summed E-state index contributed by atoms with van der Waals surface area (Å²) < 4.78 is 23.3. The zero-order valence-corrected chi connectivity index (χ0v) is 11.7. The van der Waals surface area contributed by atoms with Gasteiger partial charge in [0.05, 0.1) is 32.2 Å². The molecule has 0 saturated carbocycles. The molecule has 0 radical (unpaired) electrons. The average Bonchev–Trinajstić information content (AvgIpc) is 2.47. The van der Waals surface area contributed by atoms with Crippen LogP contribution in [0.15, 0.2) is 36.5 Å². The minimum atomic E-state index is -0.341. The van der Waals surface area contributed by atoms with E-state index in [2.05, 4.69) is 10.3 Å². The second kappa shape index (κ2) is 6.23. The summed E-state index contributed by atoms with van der Waals surface area (Å²) in [6, 6.07) is 8.57. The van der Waals surface area contributed by atoms with E-state index >= 15 is 0 Å². The fraction of sp³-hybridized carbons (Fsp3) is 0.267. The molecule has 0 amide bonds. The third-order valence-electron chi connectivity index (χ3n) is 2.96. The van der Waals surface area contributed by atoms with Gasteiger partial charge in [0.25, 0.3) is 0 Å². The normalized spacial score (nSPS) is 11.8. The molecular weight excluding hydrogens is 259 g/mol. The van der Waals surface area contributed by atoms with Crippen molar-refractivity contribution < 1.29 is 13.9 Å². The number of nitrogens with one attached hydrogen (secondary N) is 1. The average molecular weight is 276 g/mol. The number of pyridine rings is 1. The van der Waals surface area contributed by atoms with Gasteiger partial charge in [0, 0.05) is 11.8 Å². The van der Waals surface area contributed by atoms with Crippen LogP contribution in [0.3, 0.4) is 0 Å². The summed E-state index contributed by atoms with van der Waals surface area (Å²) in [5.41, 5.74) is 1.64. The molecule has 1 aromatic heterocycles. The highest BCUT2D eigenvalue weighted by atomic mass is 19.1. The molecule has 106 valence electrons. The number of hydrogen-bond donors (Lipinski definition) is 1. The van der Waals surface area contributed by atoms with Gasteiger partial charge >= 0.3 is 0 Å². The minimum Gasteiger partial charge on any atom is -0.493 e. The summed E-state index contributed by atoms with van der Waals surface area (Å²) in [5.74, 6) is 0.981. The summed E-state index contributed by atoms with van der Waals surface area (Å²) in [4.78, 5) is 4.06. The Balaban J connectivity index is 2.15. The van der Waals surface area contributed by atoms with Gasteiger partial charge in [0.1, 0.15) is 5.82 Å². The van der Waals surface area contributed by atoms with Gasteiger partial charge in [-0.1, -0.05) is 0 Å². The summed E-state index contributed by atoms with van der Waals surface area (Å²) >= 11 is 0. The Morgan fingerprint density at radius 1 is 1.10 bits per heavy atom. The van der Waals surface area contributed by atoms with Crippen LogP contribution in [-0.2, 0) is 0 Å². The minimum absolute atomic E-state index is 0.0475. The van der Waals surface area contributed by atoms with Crippen LogP contribution in [0.1, 0.15) is 18.7 Å². The van der Waals surface area contributed by atoms with E-state index < -0.39 is 0 Å². The molecule has 2 rings (SSSR count). The lowest BCUT2D eigenvalue weighted by Gasteiger charge is -2.16. The summed E-state index contributed by atoms with van der Waals surface area (Å²) in [6.07, 6.45) is 1.21. The zero-order chi connectivity index (χ0) is 14.5. The molecule has 1 N–H and O–H groups in total. The van der Waals surface area contributed by atoms with E-state index in [0.717, 1.165) is 11.4 Å². The van der Waals surface area contributed by atoms with E-state index in [1.54, 1.807) is 20.3 Å². The third kappa shape index (κ3) is 3.17. The van der Waals surface area contributed by atoms with Crippen LogP contribution in [0.5, 0.6) is 11.5 Å². The highest BCUT2D eigenvalue weighted by Gasteiger charge is 2.09. The van der Waals surface area contributed by atoms with Gasteiger partial charge in [-0.3, -0.25) is 4.98 Å². The van der Waals surface area contributed by atoms with Gasteiger partial charge in [0.15, 0.2) is 11.5 Å². The van der Waals surface area contributed by atoms with Crippen molar-refractivity contribution in [1.82, 2.24) is 4.98 Å². The van der Waals surface area contributed by atoms with Crippen molar-refractivity contribution in [1.29, 1.82) is 0 Å². The largest absolute Gasteiger partial charge is 0.493 e. The molecule has 4 nitrogen and oxygen atoms in total. The maximum absolute atomic E-state index is 12.8. The van der Waals surface area contributed by atoms with Gasteiger partial charge in [-0.25, -0.2) is 4.39 Å². The second-order valence-corrected chi connectivity index (χ2v) is 4.34. The van der Waals surface area contributed by atoms with E-state index in [1.807, 2.05) is 25.1 Å². The molecule has 2 aromatic rings. The molecule has 0 bridgehead atoms. The highest BCUT2D eigenvalue weighted by molar-refractivity contribution is 5.55. The Hall–Kier alpha value is -2.30. The van der Waals surface area contributed by atoms with Gasteiger partial charge in [-0.05, 0) is 31.2 Å². The van der Waals surface area contributed by atoms with Crippen molar-refractivity contribution >= 4 is 5.69 Å². The fourth-order valence-corrected chi connectivity index (χ4v) is 1.89. The van der Waals surface area contributed by atoms with E-state index in [-0.39, 0.29) is 11.9 Å². The Morgan fingerprint density at radius 3 is 2.45 bits per heavy atom. The molecule has 20 heavy (non-hydrogen) atoms. The van der Waals surface area contributed by atoms with Crippen LogP contribution in [-0.4, -0.2) is 19.2 Å². The number of methoxy groups -OCH3 is 2. The van der Waals surface area contributed by atoms with E-state index in [4.69, 9.17) is 9.47 Å². The summed E-state index contributed by atoms with van der Waals surface area (Å²) in [6.45, 7) is 1.96. The molecule has 0 aliphatic heterocycles. The standard InChI is InChI=1S/C15H17FN2O2/c1-10(13-6-4-11(16)9-17-13)18-12-5-7-14(19-2)15(8-12)20-3/h4-10,18H,1-3H3. The lowest BCUT2D eigenvalue weighted by atomic mass is 10.2. The Morgan fingerprint density at radius 2 is 1.85 bits per heavy atom. The monoisotopic (exact) mass is 276 g/mol. The van der Waals surface area contributed by atoms with Crippen molar-refractivity contribution in [2.75, 3.05) is 19.5 Å². The van der Waals surface area contributed by atoms with Crippen molar-refractivity contribution in [3.05, 3.63) is 48.0 Å². The molecular formula is C15H17FN2O2. The molecule has 5 heteroatoms. The number of hydrogen-bond acceptors (Lipinski definition) is 4. The van der Waals surface area contributed by atoms with Crippen LogP contribution >= 0.6 is 0 Å². The predicted molar refractivity (Wildman–Crippen MR) is 75.8 cm³/mol. The first-order chi connectivity index (χ1) is 9.63. The highest BCUT2D eigenvalue weighted by Crippen LogP contribution is 2.31. The van der Waals surface area contributed by atoms with Crippen molar-refractivity contribution in [3.63, 3.8) is 0 Å². The SMILES string of the molecule is COc1ccc(NC(C)c2ccc(F)cn2)cc1OC. The molecule has 0 aliphatic rings. The van der Waals surface area contributed by atoms with Gasteiger partial charge in [0.2, 0.25) is 0 Å². The van der Waals surface area contributed by atoms with Crippen LogP contribution in [0.2, 0.25) is 0 Å². The van der Waals surface area contributed by atoms with Gasteiger partial charge in [-0.15, -0.1) is 0 Å². The molecule has 0 fully saturated rings. The van der Waals surface area contributed by atoms with Crippen LogP contribution in [0, 0.1) is 5.82 Å². The number of nitrogens with zero attached hydrogens (tertiary/aromatic N) is 1. The lowest BCUT2D eigenvalue weighted by Crippen LogP contribution is -2.08. The maximum Gasteiger partial charge on any atom is 0.162 e. The predicted octanol–water partition coefficient (Wildman–Crippen LogP) is 3.41. The summed E-state index contributed by atoms with van der Waals surface area (Å²) in [7, 11) is 3.18. The number of benzene rings is 1. The molecule has 1 heterocycles.